The van der Waals surface area contributed by atoms with Crippen molar-refractivity contribution in [3.63, 3.8) is 0 Å². The maximum absolute atomic E-state index is 8.63. The van der Waals surface area contributed by atoms with Gasteiger partial charge in [-0.1, -0.05) is 18.2 Å². The van der Waals surface area contributed by atoms with E-state index in [2.05, 4.69) is 0 Å². The Morgan fingerprint density at radius 2 is 1.57 bits per heavy atom. The Morgan fingerprint density at radius 1 is 1.00 bits per heavy atom. The van der Waals surface area contributed by atoms with Gasteiger partial charge in [0.1, 0.15) is 5.75 Å². The van der Waals surface area contributed by atoms with Crippen molar-refractivity contribution >= 4 is 0 Å². The molecule has 0 fully saturated rings. The molecule has 1 rings (SSSR count). The fourth-order valence-electron chi connectivity index (χ4n) is 0.428. The molecule has 1 heteroatoms. The Morgan fingerprint density at radius 3 is 1.86 bits per heavy atom. The van der Waals surface area contributed by atoms with Crippen LogP contribution in [0.15, 0.2) is 30.3 Å². The molecule has 0 saturated heterocycles. The monoisotopic (exact) mass is 93.1 g/mol. The highest BCUT2D eigenvalue weighted by Gasteiger charge is 1.74. The van der Waals surface area contributed by atoms with E-state index < -0.39 is 0 Å². The first kappa shape index (κ1) is 4.19. The first-order chi connectivity index (χ1) is 3.39. The summed E-state index contributed by atoms with van der Waals surface area (Å²) in [5, 5.41) is 8.63. The molecule has 7 heavy (non-hydrogen) atoms. The van der Waals surface area contributed by atoms with Crippen molar-refractivity contribution in [2.75, 3.05) is 0 Å². The lowest BCUT2D eigenvalue weighted by atomic mass is 9.98. The third-order valence-corrected chi connectivity index (χ3v) is 0.756. The molecule has 1 aromatic carbocycles. The van der Waals surface area contributed by atoms with Crippen molar-refractivity contribution in [2.24, 2.45) is 0 Å². The van der Waals surface area contributed by atoms with Gasteiger partial charge >= 0.3 is 0 Å². The number of hydrogen-bond donors (Lipinski definition) is 1. The molecule has 0 amide bonds. The summed E-state index contributed by atoms with van der Waals surface area (Å²) in [6.07, 6.45) is 0. The molecule has 0 radical (unpaired) electrons. The smallest absolute Gasteiger partial charge is 0.115 e. The predicted molar refractivity (Wildman–Crippen MR) is 28.1 cm³/mol. The minimum atomic E-state index is 0.322. The van der Waals surface area contributed by atoms with Crippen LogP contribution in [0.2, 0.25) is 0 Å². The zero-order valence-corrected chi connectivity index (χ0v) is 3.83. The standard InChI is InChI=1S/C6H6O/c7-6-4-2-1-3-5-6/h1-5,7H/i6-1. The average Bonchev–Trinajstić information content (AvgIpc) is 1.69. The second-order valence-electron chi connectivity index (χ2n) is 1.34. The minimum Gasteiger partial charge on any atom is -0.508 e. The lowest BCUT2D eigenvalue weighted by Crippen LogP contribution is -1.56. The first-order valence-electron chi connectivity index (χ1n) is 2.13. The fraction of sp³-hybridized carbons (Fsp3) is 0. The Labute approximate surface area is 42.2 Å². The highest BCUT2D eigenvalue weighted by Crippen LogP contribution is 2.02. The maximum atomic E-state index is 8.63. The summed E-state index contributed by atoms with van der Waals surface area (Å²) in [6, 6.07) is 8.71. The van der Waals surface area contributed by atoms with Crippen LogP contribution < -0.4 is 0 Å². The van der Waals surface area contributed by atoms with Gasteiger partial charge in [-0.3, -0.25) is 0 Å². The first-order valence-corrected chi connectivity index (χ1v) is 2.13. The molecule has 0 aliphatic carbocycles. The Balaban J connectivity index is 3.02. The molecule has 0 bridgehead atoms. The van der Waals surface area contributed by atoms with E-state index in [-0.39, 0.29) is 0 Å². The molecular weight excluding hydrogens is 87.1 g/mol. The van der Waals surface area contributed by atoms with E-state index in [4.69, 9.17) is 5.11 Å². The third-order valence-electron chi connectivity index (χ3n) is 0.756. The minimum absolute atomic E-state index is 0.322. The summed E-state index contributed by atoms with van der Waals surface area (Å²) in [5.74, 6) is 0.322. The normalized spacial score (nSPS) is 8.57. The van der Waals surface area contributed by atoms with Crippen molar-refractivity contribution in [2.45, 2.75) is 0 Å². The highest BCUT2D eigenvalue weighted by molar-refractivity contribution is 5.18. The number of aromatic hydroxyl groups is 1. The molecule has 1 nitrogen and oxygen atoms in total. The molecule has 0 unspecified atom stereocenters. The van der Waals surface area contributed by atoms with E-state index in [1.807, 2.05) is 6.07 Å². The zero-order valence-electron chi connectivity index (χ0n) is 3.83. The van der Waals surface area contributed by atoms with Gasteiger partial charge in [-0.25, -0.2) is 0 Å². The number of para-hydroxylation sites is 1. The number of rotatable bonds is 0. The molecule has 0 atom stereocenters. The highest BCUT2D eigenvalue weighted by atomic mass is 16.2. The molecular formula is C6H6O. The zero-order chi connectivity index (χ0) is 5.11. The second kappa shape index (κ2) is 1.65. The van der Waals surface area contributed by atoms with Crippen LogP contribution in [0.4, 0.5) is 0 Å². The SMILES string of the molecule is O[11c]1ccccc1. The van der Waals surface area contributed by atoms with Crippen molar-refractivity contribution < 1.29 is 5.11 Å². The van der Waals surface area contributed by atoms with Gasteiger partial charge in [-0.2, -0.15) is 0 Å². The lowest BCUT2D eigenvalue weighted by molar-refractivity contribution is 0.475. The van der Waals surface area contributed by atoms with Gasteiger partial charge in [-0.15, -0.1) is 0 Å². The summed E-state index contributed by atoms with van der Waals surface area (Å²) in [7, 11) is 0. The number of benzene rings is 1. The Hall–Kier alpha value is -0.980. The van der Waals surface area contributed by atoms with Gasteiger partial charge in [0.2, 0.25) is 0 Å². The topological polar surface area (TPSA) is 20.2 Å². The van der Waals surface area contributed by atoms with Crippen LogP contribution in [-0.4, -0.2) is 5.11 Å². The Kier molecular flexibility index (Phi) is 0.984. The summed E-state index contributed by atoms with van der Waals surface area (Å²) in [4.78, 5) is 0. The van der Waals surface area contributed by atoms with Gasteiger partial charge in [0.05, 0.1) is 0 Å². The fourth-order valence-corrected chi connectivity index (χ4v) is 0.428. The quantitative estimate of drug-likeness (QED) is 0.514. The maximum Gasteiger partial charge on any atom is 0.115 e. The average molecular weight is 93.1 g/mol. The Bertz CT molecular complexity index is 134. The van der Waals surface area contributed by atoms with Crippen molar-refractivity contribution in [3.8, 4) is 5.75 Å². The van der Waals surface area contributed by atoms with Gasteiger partial charge < -0.3 is 5.11 Å². The molecule has 0 aromatic heterocycles. The molecule has 0 saturated carbocycles. The number of hydrogen-bond acceptors (Lipinski definition) is 1. The summed E-state index contributed by atoms with van der Waals surface area (Å²) in [5.41, 5.74) is 0. The van der Waals surface area contributed by atoms with Crippen LogP contribution in [-0.2, 0) is 0 Å². The van der Waals surface area contributed by atoms with Gasteiger partial charge in [0, 0.05) is 0 Å². The third kappa shape index (κ3) is 0.929. The summed E-state index contributed by atoms with van der Waals surface area (Å²) in [6.45, 7) is 0. The van der Waals surface area contributed by atoms with Crippen LogP contribution in [0.3, 0.4) is 0 Å². The predicted octanol–water partition coefficient (Wildman–Crippen LogP) is 1.39. The van der Waals surface area contributed by atoms with Crippen molar-refractivity contribution in [1.29, 1.82) is 0 Å². The van der Waals surface area contributed by atoms with E-state index >= 15 is 0 Å². The van der Waals surface area contributed by atoms with E-state index in [1.165, 1.54) is 0 Å². The van der Waals surface area contributed by atoms with E-state index in [0.717, 1.165) is 0 Å². The summed E-state index contributed by atoms with van der Waals surface area (Å²) < 4.78 is 0. The van der Waals surface area contributed by atoms with Crippen molar-refractivity contribution in [1.82, 2.24) is 0 Å². The molecule has 0 aliphatic rings. The number of phenols is 1. The van der Waals surface area contributed by atoms with Gasteiger partial charge in [0.15, 0.2) is 0 Å². The largest absolute Gasteiger partial charge is 0.508 e. The lowest BCUT2D eigenvalue weighted by Gasteiger charge is -1.82. The van der Waals surface area contributed by atoms with E-state index in [1.54, 1.807) is 24.3 Å². The van der Waals surface area contributed by atoms with E-state index in [0.29, 0.717) is 5.75 Å². The molecule has 1 N–H and O–H groups in total. The number of phenolic OH excluding ortho intramolecular Hbond substituents is 1. The van der Waals surface area contributed by atoms with Crippen LogP contribution in [0.1, 0.15) is 0 Å². The molecule has 36 valence electrons. The second-order valence-corrected chi connectivity index (χ2v) is 1.34. The molecule has 0 aliphatic heterocycles. The van der Waals surface area contributed by atoms with Crippen LogP contribution in [0, 0.1) is 0 Å². The molecule has 0 spiro atoms. The summed E-state index contributed by atoms with van der Waals surface area (Å²) >= 11 is 0. The van der Waals surface area contributed by atoms with Gasteiger partial charge in [-0.05, 0) is 12.1 Å². The van der Waals surface area contributed by atoms with Crippen LogP contribution in [0.25, 0.3) is 0 Å². The molecule has 0 heterocycles. The van der Waals surface area contributed by atoms with Crippen LogP contribution >= 0.6 is 0 Å². The van der Waals surface area contributed by atoms with E-state index in [9.17, 15) is 0 Å². The van der Waals surface area contributed by atoms with Gasteiger partial charge in [0.25, 0.3) is 0 Å². The molecule has 1 aromatic rings. The van der Waals surface area contributed by atoms with Crippen LogP contribution in [0.5, 0.6) is 5.75 Å². The van der Waals surface area contributed by atoms with Crippen molar-refractivity contribution in [3.05, 3.63) is 30.3 Å².